The lowest BCUT2D eigenvalue weighted by Crippen LogP contribution is -2.23. The summed E-state index contributed by atoms with van der Waals surface area (Å²) in [5.41, 5.74) is 14.1. The zero-order valence-electron chi connectivity index (χ0n) is 29.9. The van der Waals surface area contributed by atoms with Crippen molar-refractivity contribution in [3.63, 3.8) is 0 Å². The molecule has 51 heavy (non-hydrogen) atoms. The number of hydrogen-bond donors (Lipinski definition) is 0. The fourth-order valence-electron chi connectivity index (χ4n) is 7.44. The SMILES string of the molecule is C=C(C)C(=O)OCCCC1(C)c2cc(N(c3ccccc3)c3cccc(C)c3)ccc2-c2ccc(N(c3ccccc3)c3cccc(C)c3)cc21. The number of carbonyl (C=O) groups excluding carboxylic acids is 1. The molecular formula is C47H44N2O2. The number of benzene rings is 6. The van der Waals surface area contributed by atoms with Crippen LogP contribution in [0.3, 0.4) is 0 Å². The highest BCUT2D eigenvalue weighted by molar-refractivity contribution is 5.89. The van der Waals surface area contributed by atoms with Gasteiger partial charge in [-0.25, -0.2) is 4.79 Å². The van der Waals surface area contributed by atoms with Crippen LogP contribution in [0.5, 0.6) is 0 Å². The first kappa shape index (κ1) is 33.6. The maximum atomic E-state index is 12.3. The van der Waals surface area contributed by atoms with E-state index in [2.05, 4.69) is 183 Å². The minimum absolute atomic E-state index is 0.337. The predicted octanol–water partition coefficient (Wildman–Crippen LogP) is 12.4. The van der Waals surface area contributed by atoms with E-state index in [4.69, 9.17) is 4.74 Å². The third-order valence-corrected chi connectivity index (χ3v) is 9.95. The summed E-state index contributed by atoms with van der Waals surface area (Å²) in [6, 6.07) is 52.3. The van der Waals surface area contributed by atoms with Crippen LogP contribution in [0, 0.1) is 13.8 Å². The van der Waals surface area contributed by atoms with Crippen molar-refractivity contribution < 1.29 is 9.53 Å². The van der Waals surface area contributed by atoms with Gasteiger partial charge in [-0.3, -0.25) is 0 Å². The van der Waals surface area contributed by atoms with E-state index in [1.54, 1.807) is 6.92 Å². The highest BCUT2D eigenvalue weighted by atomic mass is 16.5. The quantitative estimate of drug-likeness (QED) is 0.0781. The largest absolute Gasteiger partial charge is 0.462 e. The van der Waals surface area contributed by atoms with E-state index in [1.807, 2.05) is 0 Å². The lowest BCUT2D eigenvalue weighted by atomic mass is 9.76. The van der Waals surface area contributed by atoms with E-state index in [0.29, 0.717) is 18.6 Å². The van der Waals surface area contributed by atoms with E-state index in [1.165, 1.54) is 33.4 Å². The van der Waals surface area contributed by atoms with Gasteiger partial charge in [-0.15, -0.1) is 0 Å². The molecule has 0 saturated carbocycles. The van der Waals surface area contributed by atoms with Crippen molar-refractivity contribution in [2.75, 3.05) is 16.4 Å². The molecule has 0 spiro atoms. The second-order valence-electron chi connectivity index (χ2n) is 13.8. The monoisotopic (exact) mass is 668 g/mol. The van der Waals surface area contributed by atoms with Gasteiger partial charge in [-0.1, -0.05) is 86.3 Å². The van der Waals surface area contributed by atoms with Gasteiger partial charge in [0.2, 0.25) is 0 Å². The first-order valence-electron chi connectivity index (χ1n) is 17.7. The molecule has 1 aliphatic rings. The molecule has 0 radical (unpaired) electrons. The Morgan fingerprint density at radius 1 is 0.588 bits per heavy atom. The summed E-state index contributed by atoms with van der Waals surface area (Å²) in [5, 5.41) is 0. The Bertz CT molecular complexity index is 2070. The Morgan fingerprint density at radius 2 is 1.02 bits per heavy atom. The molecule has 0 saturated heterocycles. The average molecular weight is 669 g/mol. The summed E-state index contributed by atoms with van der Waals surface area (Å²) in [4.78, 5) is 17.0. The molecule has 254 valence electrons. The van der Waals surface area contributed by atoms with E-state index in [0.717, 1.165) is 40.5 Å². The molecule has 4 heteroatoms. The van der Waals surface area contributed by atoms with Crippen LogP contribution in [0.25, 0.3) is 11.1 Å². The van der Waals surface area contributed by atoms with Crippen molar-refractivity contribution in [3.8, 4) is 11.1 Å². The molecule has 0 fully saturated rings. The van der Waals surface area contributed by atoms with Gasteiger partial charge in [-0.2, -0.15) is 0 Å². The van der Waals surface area contributed by atoms with E-state index in [-0.39, 0.29) is 11.4 Å². The van der Waals surface area contributed by atoms with Crippen molar-refractivity contribution >= 4 is 40.1 Å². The Labute approximate surface area is 302 Å². The van der Waals surface area contributed by atoms with E-state index in [9.17, 15) is 4.79 Å². The molecule has 4 nitrogen and oxygen atoms in total. The van der Waals surface area contributed by atoms with Crippen LogP contribution < -0.4 is 9.80 Å². The number of ether oxygens (including phenoxy) is 1. The summed E-state index contributed by atoms with van der Waals surface area (Å²) in [6.45, 7) is 12.4. The number of esters is 1. The maximum Gasteiger partial charge on any atom is 0.333 e. The van der Waals surface area contributed by atoms with Crippen molar-refractivity contribution in [2.24, 2.45) is 0 Å². The van der Waals surface area contributed by atoms with Gasteiger partial charge in [0.1, 0.15) is 0 Å². The van der Waals surface area contributed by atoms with Crippen molar-refractivity contribution in [2.45, 2.75) is 46.0 Å². The Balaban J connectivity index is 1.36. The second-order valence-corrected chi connectivity index (χ2v) is 13.8. The summed E-state index contributed by atoms with van der Waals surface area (Å²) in [7, 11) is 0. The van der Waals surface area contributed by atoms with Crippen LogP contribution in [-0.2, 0) is 14.9 Å². The van der Waals surface area contributed by atoms with Gasteiger partial charge < -0.3 is 14.5 Å². The fraction of sp³-hybridized carbons (Fsp3) is 0.170. The van der Waals surface area contributed by atoms with Gasteiger partial charge in [0, 0.05) is 45.1 Å². The standard InChI is InChI=1S/C47H44N2O2/c1-33(2)46(50)51-28-14-27-47(5)44-31-40(48(36-17-8-6-9-18-36)38-21-12-15-34(3)29-38)23-25-42(44)43-26-24-41(32-45(43)47)49(37-19-10-7-11-20-37)39-22-13-16-35(4)30-39/h6-13,15-26,29-32H,1,14,27-28H2,2-5H3. The predicted molar refractivity (Wildman–Crippen MR) is 212 cm³/mol. The van der Waals surface area contributed by atoms with Crippen molar-refractivity contribution in [1.29, 1.82) is 0 Å². The van der Waals surface area contributed by atoms with Gasteiger partial charge >= 0.3 is 5.97 Å². The molecule has 0 N–H and O–H groups in total. The molecule has 6 aromatic carbocycles. The third kappa shape index (κ3) is 6.70. The lowest BCUT2D eigenvalue weighted by Gasteiger charge is -2.31. The van der Waals surface area contributed by atoms with E-state index < -0.39 is 0 Å². The molecule has 0 bridgehead atoms. The average Bonchev–Trinajstić information content (AvgIpc) is 3.38. The van der Waals surface area contributed by atoms with E-state index >= 15 is 0 Å². The number of carbonyl (C=O) groups is 1. The molecule has 6 aromatic rings. The lowest BCUT2D eigenvalue weighted by molar-refractivity contribution is -0.139. The summed E-state index contributed by atoms with van der Waals surface area (Å²) < 4.78 is 5.61. The zero-order valence-corrected chi connectivity index (χ0v) is 29.9. The normalized spacial score (nSPS) is 12.5. The maximum absolute atomic E-state index is 12.3. The molecule has 0 heterocycles. The Morgan fingerprint density at radius 3 is 1.45 bits per heavy atom. The van der Waals surface area contributed by atoms with Gasteiger partial charge in [0.05, 0.1) is 6.61 Å². The van der Waals surface area contributed by atoms with Gasteiger partial charge in [0.15, 0.2) is 0 Å². The van der Waals surface area contributed by atoms with Crippen molar-refractivity contribution in [3.05, 3.63) is 180 Å². The smallest absolute Gasteiger partial charge is 0.333 e. The third-order valence-electron chi connectivity index (χ3n) is 9.95. The number of fused-ring (bicyclic) bond motifs is 3. The number of hydrogen-bond acceptors (Lipinski definition) is 4. The Kier molecular flexibility index (Phi) is 9.34. The molecule has 0 unspecified atom stereocenters. The minimum Gasteiger partial charge on any atom is -0.462 e. The molecule has 0 amide bonds. The highest BCUT2D eigenvalue weighted by Gasteiger charge is 2.40. The molecule has 0 aliphatic heterocycles. The topological polar surface area (TPSA) is 32.8 Å². The molecule has 1 aliphatic carbocycles. The van der Waals surface area contributed by atoms with Crippen LogP contribution in [0.2, 0.25) is 0 Å². The van der Waals surface area contributed by atoms with Crippen molar-refractivity contribution in [1.82, 2.24) is 0 Å². The fourth-order valence-corrected chi connectivity index (χ4v) is 7.44. The summed E-state index contributed by atoms with van der Waals surface area (Å²) in [6.07, 6.45) is 1.51. The van der Waals surface area contributed by atoms with Gasteiger partial charge in [-0.05, 0) is 140 Å². The number of aryl methyl sites for hydroxylation is 2. The number of rotatable bonds is 11. The summed E-state index contributed by atoms with van der Waals surface area (Å²) in [5.74, 6) is -0.342. The summed E-state index contributed by atoms with van der Waals surface area (Å²) >= 11 is 0. The number of anilines is 6. The number of nitrogens with zero attached hydrogens (tertiary/aromatic N) is 2. The molecule has 0 aromatic heterocycles. The van der Waals surface area contributed by atoms with Gasteiger partial charge in [0.25, 0.3) is 0 Å². The first-order chi connectivity index (χ1) is 24.7. The van der Waals surface area contributed by atoms with Crippen LogP contribution in [0.4, 0.5) is 34.1 Å². The van der Waals surface area contributed by atoms with Crippen LogP contribution >= 0.6 is 0 Å². The molecule has 7 rings (SSSR count). The highest BCUT2D eigenvalue weighted by Crippen LogP contribution is 2.54. The Hall–Kier alpha value is -5.87. The second kappa shape index (κ2) is 14.2. The first-order valence-corrected chi connectivity index (χ1v) is 17.7. The molecule has 0 atom stereocenters. The zero-order chi connectivity index (χ0) is 35.5. The van der Waals surface area contributed by atoms with Crippen LogP contribution in [-0.4, -0.2) is 12.6 Å². The molecular weight excluding hydrogens is 625 g/mol. The van der Waals surface area contributed by atoms with Crippen LogP contribution in [0.15, 0.2) is 158 Å². The van der Waals surface area contributed by atoms with Crippen LogP contribution in [0.1, 0.15) is 48.9 Å². The minimum atomic E-state index is -0.351. The number of para-hydroxylation sites is 2.